The number of amides is 1. The van der Waals surface area contributed by atoms with Crippen molar-refractivity contribution in [3.05, 3.63) is 48.2 Å². The van der Waals surface area contributed by atoms with Gasteiger partial charge in [0.1, 0.15) is 17.8 Å². The highest BCUT2D eigenvalue weighted by Gasteiger charge is 2.17. The lowest BCUT2D eigenvalue weighted by atomic mass is 10.2. The van der Waals surface area contributed by atoms with Gasteiger partial charge in [0.05, 0.1) is 0 Å². The Bertz CT molecular complexity index is 655. The van der Waals surface area contributed by atoms with Gasteiger partial charge in [-0.05, 0) is 18.7 Å². The summed E-state index contributed by atoms with van der Waals surface area (Å²) < 4.78 is 0. The van der Waals surface area contributed by atoms with E-state index in [2.05, 4.69) is 37.1 Å². The van der Waals surface area contributed by atoms with Crippen molar-refractivity contribution in [3.63, 3.8) is 0 Å². The molecule has 0 radical (unpaired) electrons. The molecule has 0 saturated carbocycles. The number of hydrogen-bond acceptors (Lipinski definition) is 6. The third kappa shape index (κ3) is 4.01. The van der Waals surface area contributed by atoms with Crippen molar-refractivity contribution >= 4 is 11.7 Å². The van der Waals surface area contributed by atoms with E-state index in [9.17, 15) is 4.79 Å². The standard InChI is InChI=1S/C16H20N6O/c1-21-5-7-22(8-6-21)15-9-14(19-12-20-15)16(23)18-11-13-3-2-4-17-10-13/h2-4,9-10,12H,5-8,11H2,1H3,(H,18,23). The smallest absolute Gasteiger partial charge is 0.270 e. The number of hydrogen-bond donors (Lipinski definition) is 1. The zero-order chi connectivity index (χ0) is 16.1. The van der Waals surface area contributed by atoms with Gasteiger partial charge in [-0.15, -0.1) is 0 Å². The van der Waals surface area contributed by atoms with Crippen molar-refractivity contribution in [3.8, 4) is 0 Å². The van der Waals surface area contributed by atoms with Gasteiger partial charge in [0.25, 0.3) is 5.91 Å². The quantitative estimate of drug-likeness (QED) is 0.889. The summed E-state index contributed by atoms with van der Waals surface area (Å²) in [4.78, 5) is 29.1. The number of anilines is 1. The van der Waals surface area contributed by atoms with Crippen LogP contribution in [-0.4, -0.2) is 59.0 Å². The van der Waals surface area contributed by atoms with Crippen LogP contribution in [0.2, 0.25) is 0 Å². The van der Waals surface area contributed by atoms with Crippen molar-refractivity contribution in [1.82, 2.24) is 25.2 Å². The SMILES string of the molecule is CN1CCN(c2cc(C(=O)NCc3cccnc3)ncn2)CC1. The first-order valence-electron chi connectivity index (χ1n) is 7.65. The lowest BCUT2D eigenvalue weighted by Crippen LogP contribution is -2.44. The van der Waals surface area contributed by atoms with Crippen LogP contribution in [0.1, 0.15) is 16.1 Å². The normalized spacial score (nSPS) is 15.4. The molecule has 0 aromatic carbocycles. The molecule has 7 heteroatoms. The summed E-state index contributed by atoms with van der Waals surface area (Å²) in [7, 11) is 2.11. The first-order chi connectivity index (χ1) is 11.2. The van der Waals surface area contributed by atoms with E-state index < -0.39 is 0 Å². The van der Waals surface area contributed by atoms with Gasteiger partial charge in [0, 0.05) is 51.2 Å². The highest BCUT2D eigenvalue weighted by atomic mass is 16.1. The number of nitrogens with zero attached hydrogens (tertiary/aromatic N) is 5. The minimum atomic E-state index is -0.202. The number of piperazine rings is 1. The second kappa shape index (κ2) is 7.15. The first-order valence-corrected chi connectivity index (χ1v) is 7.65. The monoisotopic (exact) mass is 312 g/mol. The summed E-state index contributed by atoms with van der Waals surface area (Å²) in [5.74, 6) is 0.603. The van der Waals surface area contributed by atoms with Crippen LogP contribution in [0.3, 0.4) is 0 Å². The Hall–Kier alpha value is -2.54. The molecule has 2 aromatic heterocycles. The molecule has 1 aliphatic heterocycles. The predicted octanol–water partition coefficient (Wildman–Crippen LogP) is 0.553. The van der Waals surface area contributed by atoms with Crippen molar-refractivity contribution in [2.24, 2.45) is 0 Å². The lowest BCUT2D eigenvalue weighted by molar-refractivity contribution is 0.0945. The number of carbonyl (C=O) groups is 1. The van der Waals surface area contributed by atoms with Crippen LogP contribution in [0.4, 0.5) is 5.82 Å². The van der Waals surface area contributed by atoms with Crippen molar-refractivity contribution in [2.75, 3.05) is 38.1 Å². The topological polar surface area (TPSA) is 74.2 Å². The van der Waals surface area contributed by atoms with Crippen LogP contribution in [0, 0.1) is 0 Å². The van der Waals surface area contributed by atoms with Crippen molar-refractivity contribution < 1.29 is 4.79 Å². The molecule has 7 nitrogen and oxygen atoms in total. The second-order valence-corrected chi connectivity index (χ2v) is 5.60. The van der Waals surface area contributed by atoms with Crippen molar-refractivity contribution in [2.45, 2.75) is 6.54 Å². The Balaban J connectivity index is 1.63. The lowest BCUT2D eigenvalue weighted by Gasteiger charge is -2.33. The molecule has 0 bridgehead atoms. The fourth-order valence-corrected chi connectivity index (χ4v) is 2.46. The van der Waals surface area contributed by atoms with E-state index in [1.54, 1.807) is 18.5 Å². The second-order valence-electron chi connectivity index (χ2n) is 5.60. The number of likely N-dealkylation sites (N-methyl/N-ethyl adjacent to an activating group) is 1. The number of pyridine rings is 1. The minimum absolute atomic E-state index is 0.202. The van der Waals surface area contributed by atoms with Gasteiger partial charge in [0.2, 0.25) is 0 Å². The summed E-state index contributed by atoms with van der Waals surface area (Å²) in [6, 6.07) is 5.52. The summed E-state index contributed by atoms with van der Waals surface area (Å²) in [6.45, 7) is 4.23. The molecule has 1 fully saturated rings. The summed E-state index contributed by atoms with van der Waals surface area (Å²) in [6.07, 6.45) is 4.89. The number of rotatable bonds is 4. The Morgan fingerprint density at radius 2 is 2.09 bits per heavy atom. The van der Waals surface area contributed by atoms with E-state index in [0.717, 1.165) is 37.6 Å². The fourth-order valence-electron chi connectivity index (χ4n) is 2.46. The van der Waals surface area contributed by atoms with Crippen LogP contribution in [-0.2, 0) is 6.54 Å². The number of carbonyl (C=O) groups excluding carboxylic acids is 1. The summed E-state index contributed by atoms with van der Waals surface area (Å²) >= 11 is 0. The van der Waals surface area contributed by atoms with Gasteiger partial charge in [-0.2, -0.15) is 0 Å². The molecular formula is C16H20N6O. The van der Waals surface area contributed by atoms with E-state index in [0.29, 0.717) is 12.2 Å². The maximum absolute atomic E-state index is 12.3. The summed E-state index contributed by atoms with van der Waals surface area (Å²) in [5, 5.41) is 2.86. The van der Waals surface area contributed by atoms with Gasteiger partial charge in [-0.3, -0.25) is 9.78 Å². The molecule has 1 N–H and O–H groups in total. The molecule has 1 aliphatic rings. The molecule has 1 amide bonds. The van der Waals surface area contributed by atoms with E-state index in [1.165, 1.54) is 6.33 Å². The van der Waals surface area contributed by atoms with Crippen molar-refractivity contribution in [1.29, 1.82) is 0 Å². The molecule has 1 saturated heterocycles. The zero-order valence-corrected chi connectivity index (χ0v) is 13.1. The van der Waals surface area contributed by atoms with E-state index >= 15 is 0 Å². The molecule has 0 unspecified atom stereocenters. The molecule has 23 heavy (non-hydrogen) atoms. The third-order valence-electron chi connectivity index (χ3n) is 3.89. The van der Waals surface area contributed by atoms with Crippen LogP contribution in [0.5, 0.6) is 0 Å². The minimum Gasteiger partial charge on any atom is -0.354 e. The molecule has 0 aliphatic carbocycles. The molecule has 0 atom stereocenters. The molecule has 2 aromatic rings. The number of nitrogens with one attached hydrogen (secondary N) is 1. The first kappa shape index (κ1) is 15.4. The van der Waals surface area contributed by atoms with Gasteiger partial charge >= 0.3 is 0 Å². The fraction of sp³-hybridized carbons (Fsp3) is 0.375. The van der Waals surface area contributed by atoms with Crippen LogP contribution in [0.25, 0.3) is 0 Å². The Morgan fingerprint density at radius 1 is 1.26 bits per heavy atom. The maximum Gasteiger partial charge on any atom is 0.270 e. The Labute approximate surface area is 135 Å². The zero-order valence-electron chi connectivity index (χ0n) is 13.1. The highest BCUT2D eigenvalue weighted by Crippen LogP contribution is 2.13. The molecule has 3 heterocycles. The Morgan fingerprint density at radius 3 is 2.83 bits per heavy atom. The van der Waals surface area contributed by atoms with E-state index in [1.807, 2.05) is 12.1 Å². The molecular weight excluding hydrogens is 292 g/mol. The summed E-state index contributed by atoms with van der Waals surface area (Å²) in [5.41, 5.74) is 1.34. The average Bonchev–Trinajstić information content (AvgIpc) is 2.61. The predicted molar refractivity (Wildman–Crippen MR) is 87.1 cm³/mol. The Kier molecular flexibility index (Phi) is 4.77. The average molecular weight is 312 g/mol. The van der Waals surface area contributed by atoms with E-state index in [-0.39, 0.29) is 5.91 Å². The van der Waals surface area contributed by atoms with E-state index in [4.69, 9.17) is 0 Å². The molecule has 3 rings (SSSR count). The van der Waals surface area contributed by atoms with Gasteiger partial charge in [0.15, 0.2) is 0 Å². The largest absolute Gasteiger partial charge is 0.354 e. The molecule has 0 spiro atoms. The highest BCUT2D eigenvalue weighted by molar-refractivity contribution is 5.92. The number of aromatic nitrogens is 3. The third-order valence-corrected chi connectivity index (χ3v) is 3.89. The van der Waals surface area contributed by atoms with Crippen LogP contribution < -0.4 is 10.2 Å². The maximum atomic E-state index is 12.3. The van der Waals surface area contributed by atoms with Crippen LogP contribution in [0.15, 0.2) is 36.9 Å². The van der Waals surface area contributed by atoms with Crippen LogP contribution >= 0.6 is 0 Å². The van der Waals surface area contributed by atoms with Gasteiger partial charge in [-0.1, -0.05) is 6.07 Å². The molecule has 120 valence electrons. The van der Waals surface area contributed by atoms with Gasteiger partial charge in [-0.25, -0.2) is 9.97 Å². The van der Waals surface area contributed by atoms with Gasteiger partial charge < -0.3 is 15.1 Å².